The maximum absolute atomic E-state index is 14.2. The molecule has 3 aromatic carbocycles. The lowest BCUT2D eigenvalue weighted by Gasteiger charge is -2.30. The standard InChI is InChI=1S/C28H27FN2O4/c1-33-24-14-18(15-25(34-2)28(24)35-3)17-12-22-26(23(32)13-17)27(16-7-6-8-19(29)11-16)31-21-10-5-4-9-20(21)30-22/h4-11,14-15,17,27,30-31H,12-13H2,1-3H3. The molecule has 0 aromatic heterocycles. The van der Waals surface area contributed by atoms with E-state index in [9.17, 15) is 9.18 Å². The molecule has 1 aliphatic heterocycles. The van der Waals surface area contributed by atoms with Gasteiger partial charge < -0.3 is 24.8 Å². The number of Topliss-reactive ketones (excluding diaryl/α,β-unsaturated/α-hetero) is 1. The maximum Gasteiger partial charge on any atom is 0.203 e. The molecule has 0 bridgehead atoms. The molecule has 1 aliphatic carbocycles. The first-order valence-electron chi connectivity index (χ1n) is 11.5. The Morgan fingerprint density at radius 1 is 0.829 bits per heavy atom. The largest absolute Gasteiger partial charge is 0.493 e. The van der Waals surface area contributed by atoms with Crippen LogP contribution in [-0.4, -0.2) is 27.1 Å². The number of hydrogen-bond acceptors (Lipinski definition) is 6. The van der Waals surface area contributed by atoms with Crippen LogP contribution in [0.25, 0.3) is 0 Å². The zero-order valence-corrected chi connectivity index (χ0v) is 19.9. The van der Waals surface area contributed by atoms with Crippen LogP contribution in [0.4, 0.5) is 15.8 Å². The fourth-order valence-electron chi connectivity index (χ4n) is 5.00. The van der Waals surface area contributed by atoms with Crippen molar-refractivity contribution in [1.82, 2.24) is 0 Å². The second-order valence-electron chi connectivity index (χ2n) is 8.68. The number of carbonyl (C=O) groups is 1. The topological polar surface area (TPSA) is 68.8 Å². The molecule has 5 rings (SSSR count). The van der Waals surface area contributed by atoms with Crippen LogP contribution in [-0.2, 0) is 4.79 Å². The lowest BCUT2D eigenvalue weighted by Crippen LogP contribution is -2.27. The van der Waals surface area contributed by atoms with Gasteiger partial charge >= 0.3 is 0 Å². The van der Waals surface area contributed by atoms with E-state index in [1.807, 2.05) is 42.5 Å². The highest BCUT2D eigenvalue weighted by atomic mass is 19.1. The molecule has 0 amide bonds. The van der Waals surface area contributed by atoms with Gasteiger partial charge in [-0.05, 0) is 59.9 Å². The van der Waals surface area contributed by atoms with Crippen LogP contribution in [0.5, 0.6) is 17.2 Å². The minimum absolute atomic E-state index is 0.00655. The number of methoxy groups -OCH3 is 3. The Hall–Kier alpha value is -4.00. The molecule has 6 nitrogen and oxygen atoms in total. The lowest BCUT2D eigenvalue weighted by atomic mass is 9.78. The highest BCUT2D eigenvalue weighted by Gasteiger charge is 2.36. The Morgan fingerprint density at radius 2 is 1.54 bits per heavy atom. The van der Waals surface area contributed by atoms with E-state index in [2.05, 4.69) is 10.6 Å². The number of para-hydroxylation sites is 2. The van der Waals surface area contributed by atoms with Crippen LogP contribution in [0.15, 0.2) is 71.9 Å². The average molecular weight is 475 g/mol. The zero-order chi connectivity index (χ0) is 24.5. The normalized spacial score (nSPS) is 19.0. The van der Waals surface area contributed by atoms with Gasteiger partial charge in [-0.1, -0.05) is 24.3 Å². The Balaban J connectivity index is 1.60. The van der Waals surface area contributed by atoms with Crippen LogP contribution in [0.1, 0.15) is 35.9 Å². The van der Waals surface area contributed by atoms with Gasteiger partial charge in [-0.15, -0.1) is 0 Å². The summed E-state index contributed by atoms with van der Waals surface area (Å²) in [6.45, 7) is 0. The van der Waals surface area contributed by atoms with Crippen molar-refractivity contribution in [1.29, 1.82) is 0 Å². The van der Waals surface area contributed by atoms with E-state index in [-0.39, 0.29) is 17.5 Å². The maximum atomic E-state index is 14.2. The number of ketones is 1. The fourth-order valence-corrected chi connectivity index (χ4v) is 5.00. The second kappa shape index (κ2) is 9.33. The Kier molecular flexibility index (Phi) is 6.07. The minimum atomic E-state index is -0.467. The Bertz CT molecular complexity index is 1290. The molecule has 7 heteroatoms. The van der Waals surface area contributed by atoms with Gasteiger partial charge in [0.1, 0.15) is 5.82 Å². The molecule has 0 saturated heterocycles. The number of benzene rings is 3. The molecular weight excluding hydrogens is 447 g/mol. The summed E-state index contributed by atoms with van der Waals surface area (Å²) in [6.07, 6.45) is 0.907. The summed E-state index contributed by atoms with van der Waals surface area (Å²) in [5.41, 5.74) is 4.82. The van der Waals surface area contributed by atoms with Gasteiger partial charge in [0, 0.05) is 17.7 Å². The van der Waals surface area contributed by atoms with Crippen LogP contribution in [0, 0.1) is 5.82 Å². The van der Waals surface area contributed by atoms with Crippen molar-refractivity contribution in [3.05, 3.63) is 88.9 Å². The van der Waals surface area contributed by atoms with Gasteiger partial charge in [0.2, 0.25) is 5.75 Å². The van der Waals surface area contributed by atoms with Gasteiger partial charge in [-0.25, -0.2) is 4.39 Å². The molecule has 180 valence electrons. The van der Waals surface area contributed by atoms with Crippen LogP contribution in [0.3, 0.4) is 0 Å². The van der Waals surface area contributed by atoms with Crippen molar-refractivity contribution >= 4 is 17.2 Å². The van der Waals surface area contributed by atoms with Crippen molar-refractivity contribution in [3.8, 4) is 17.2 Å². The van der Waals surface area contributed by atoms with E-state index in [1.165, 1.54) is 12.1 Å². The Labute approximate surface area is 203 Å². The fraction of sp³-hybridized carbons (Fsp3) is 0.250. The number of hydrogen-bond donors (Lipinski definition) is 2. The SMILES string of the molecule is COc1cc(C2CC(=O)C3=C(C2)Nc2ccccc2NC3c2cccc(F)c2)cc(OC)c1OC. The summed E-state index contributed by atoms with van der Waals surface area (Å²) in [4.78, 5) is 13.7. The lowest BCUT2D eigenvalue weighted by molar-refractivity contribution is -0.116. The monoisotopic (exact) mass is 474 g/mol. The number of halogens is 1. The molecule has 2 unspecified atom stereocenters. The number of anilines is 2. The summed E-state index contributed by atoms with van der Waals surface area (Å²) in [7, 11) is 4.72. The highest BCUT2D eigenvalue weighted by molar-refractivity contribution is 6.01. The van der Waals surface area contributed by atoms with Gasteiger partial charge in [-0.3, -0.25) is 4.79 Å². The number of fused-ring (bicyclic) bond motifs is 1. The molecule has 0 fully saturated rings. The van der Waals surface area contributed by atoms with Crippen molar-refractivity contribution in [3.63, 3.8) is 0 Å². The van der Waals surface area contributed by atoms with Gasteiger partial charge in [0.05, 0.1) is 38.7 Å². The molecule has 2 N–H and O–H groups in total. The zero-order valence-electron chi connectivity index (χ0n) is 19.9. The van der Waals surface area contributed by atoms with Crippen molar-refractivity contribution in [2.24, 2.45) is 0 Å². The van der Waals surface area contributed by atoms with Crippen LogP contribution in [0.2, 0.25) is 0 Å². The predicted molar refractivity (Wildman–Crippen MR) is 133 cm³/mol. The number of carbonyl (C=O) groups excluding carboxylic acids is 1. The second-order valence-corrected chi connectivity index (χ2v) is 8.68. The number of ether oxygens (including phenoxy) is 3. The Morgan fingerprint density at radius 3 is 2.20 bits per heavy atom. The van der Waals surface area contributed by atoms with Gasteiger partial charge in [0.15, 0.2) is 17.3 Å². The van der Waals surface area contributed by atoms with Gasteiger partial charge in [-0.2, -0.15) is 0 Å². The first-order chi connectivity index (χ1) is 17.0. The third-order valence-electron chi connectivity index (χ3n) is 6.65. The predicted octanol–water partition coefficient (Wildman–Crippen LogP) is 5.83. The van der Waals surface area contributed by atoms with E-state index >= 15 is 0 Å². The summed E-state index contributed by atoms with van der Waals surface area (Å²) in [5.74, 6) is 1.18. The molecule has 3 aromatic rings. The van der Waals surface area contributed by atoms with E-state index in [0.29, 0.717) is 41.2 Å². The van der Waals surface area contributed by atoms with E-state index in [4.69, 9.17) is 14.2 Å². The van der Waals surface area contributed by atoms with Crippen LogP contribution < -0.4 is 24.8 Å². The molecule has 0 saturated carbocycles. The smallest absolute Gasteiger partial charge is 0.203 e. The number of rotatable bonds is 5. The van der Waals surface area contributed by atoms with Crippen LogP contribution >= 0.6 is 0 Å². The van der Waals surface area contributed by atoms with E-state index in [0.717, 1.165) is 22.6 Å². The molecule has 35 heavy (non-hydrogen) atoms. The number of nitrogens with one attached hydrogen (secondary N) is 2. The van der Waals surface area contributed by atoms with E-state index in [1.54, 1.807) is 27.4 Å². The number of allylic oxidation sites excluding steroid dienone is 1. The average Bonchev–Trinajstić information content (AvgIpc) is 3.04. The third-order valence-corrected chi connectivity index (χ3v) is 6.65. The highest BCUT2D eigenvalue weighted by Crippen LogP contribution is 2.47. The summed E-state index contributed by atoms with van der Waals surface area (Å²) >= 11 is 0. The summed E-state index contributed by atoms with van der Waals surface area (Å²) in [6, 6.07) is 17.5. The first-order valence-corrected chi connectivity index (χ1v) is 11.5. The molecule has 0 radical (unpaired) electrons. The molecule has 0 spiro atoms. The quantitative estimate of drug-likeness (QED) is 0.485. The van der Waals surface area contributed by atoms with Crippen molar-refractivity contribution < 1.29 is 23.4 Å². The van der Waals surface area contributed by atoms with E-state index < -0.39 is 6.04 Å². The summed E-state index contributed by atoms with van der Waals surface area (Å²) < 4.78 is 30.7. The molecule has 2 atom stereocenters. The molecule has 1 heterocycles. The first kappa shape index (κ1) is 22.8. The molecule has 2 aliphatic rings. The van der Waals surface area contributed by atoms with Gasteiger partial charge in [0.25, 0.3) is 0 Å². The summed E-state index contributed by atoms with van der Waals surface area (Å²) in [5, 5.41) is 6.98. The third kappa shape index (κ3) is 4.18. The minimum Gasteiger partial charge on any atom is -0.493 e. The van der Waals surface area contributed by atoms with Crippen molar-refractivity contribution in [2.45, 2.75) is 24.8 Å². The molecular formula is C28H27FN2O4. The van der Waals surface area contributed by atoms with Crippen molar-refractivity contribution in [2.75, 3.05) is 32.0 Å².